The lowest BCUT2D eigenvalue weighted by atomic mass is 9.98. The predicted octanol–water partition coefficient (Wildman–Crippen LogP) is 2.86. The molecule has 0 aliphatic heterocycles. The summed E-state index contributed by atoms with van der Waals surface area (Å²) in [5.41, 5.74) is 4.17. The zero-order valence-corrected chi connectivity index (χ0v) is 11.5. The Morgan fingerprint density at radius 2 is 2.06 bits per heavy atom. The molecule has 1 unspecified atom stereocenters. The van der Waals surface area contributed by atoms with E-state index in [-0.39, 0.29) is 0 Å². The van der Waals surface area contributed by atoms with Gasteiger partial charge in [-0.05, 0) is 51.8 Å². The minimum absolute atomic E-state index is 0.502. The molecule has 1 atom stereocenters. The Hall–Kier alpha value is -0.860. The molecule has 0 spiro atoms. The second-order valence-electron chi connectivity index (χ2n) is 4.61. The molecule has 2 nitrogen and oxygen atoms in total. The summed E-state index contributed by atoms with van der Waals surface area (Å²) >= 11 is 0. The first-order chi connectivity index (χ1) is 8.17. The Labute approximate surface area is 105 Å². The quantitative estimate of drug-likeness (QED) is 0.734. The van der Waals surface area contributed by atoms with Crippen LogP contribution in [0.2, 0.25) is 0 Å². The molecule has 0 aromatic heterocycles. The van der Waals surface area contributed by atoms with Crippen molar-refractivity contribution in [3.63, 3.8) is 0 Å². The molecule has 0 aliphatic rings. The minimum Gasteiger partial charge on any atom is -0.382 e. The largest absolute Gasteiger partial charge is 0.382 e. The van der Waals surface area contributed by atoms with Gasteiger partial charge in [-0.15, -0.1) is 0 Å². The van der Waals surface area contributed by atoms with Crippen LogP contribution >= 0.6 is 0 Å². The van der Waals surface area contributed by atoms with E-state index in [1.54, 1.807) is 0 Å². The summed E-state index contributed by atoms with van der Waals surface area (Å²) in [7, 11) is 2.03. The van der Waals surface area contributed by atoms with E-state index in [2.05, 4.69) is 37.4 Å². The summed E-state index contributed by atoms with van der Waals surface area (Å²) in [6.45, 7) is 8.02. The second kappa shape index (κ2) is 7.46. The van der Waals surface area contributed by atoms with Crippen molar-refractivity contribution < 1.29 is 4.74 Å². The summed E-state index contributed by atoms with van der Waals surface area (Å²) in [5.74, 6) is 0. The number of aryl methyl sites for hydroxylation is 2. The fourth-order valence-electron chi connectivity index (χ4n) is 2.00. The first kappa shape index (κ1) is 14.2. The highest BCUT2D eigenvalue weighted by Gasteiger charge is 2.09. The van der Waals surface area contributed by atoms with Crippen LogP contribution in [-0.2, 0) is 11.2 Å². The third-order valence-corrected chi connectivity index (χ3v) is 3.19. The number of rotatable bonds is 7. The summed E-state index contributed by atoms with van der Waals surface area (Å²) in [5, 5.41) is 3.38. The van der Waals surface area contributed by atoms with E-state index < -0.39 is 0 Å². The molecule has 1 aromatic rings. The normalized spacial score (nSPS) is 12.7. The van der Waals surface area contributed by atoms with Crippen molar-refractivity contribution in [2.75, 3.05) is 20.3 Å². The first-order valence-electron chi connectivity index (χ1n) is 6.48. The molecule has 0 radical (unpaired) electrons. The Bertz CT molecular complexity index is 336. The molecule has 17 heavy (non-hydrogen) atoms. The van der Waals surface area contributed by atoms with Crippen LogP contribution < -0.4 is 5.32 Å². The summed E-state index contributed by atoms with van der Waals surface area (Å²) in [4.78, 5) is 0. The summed E-state index contributed by atoms with van der Waals surface area (Å²) in [6.07, 6.45) is 2.15. The zero-order valence-electron chi connectivity index (χ0n) is 11.5. The molecule has 0 heterocycles. The molecule has 2 heteroatoms. The molecule has 0 bridgehead atoms. The Morgan fingerprint density at radius 3 is 2.71 bits per heavy atom. The molecule has 1 aromatic carbocycles. The summed E-state index contributed by atoms with van der Waals surface area (Å²) in [6, 6.07) is 7.18. The van der Waals surface area contributed by atoms with E-state index in [0.29, 0.717) is 6.04 Å². The van der Waals surface area contributed by atoms with Crippen LogP contribution in [0.1, 0.15) is 30.0 Å². The van der Waals surface area contributed by atoms with Crippen molar-refractivity contribution >= 4 is 0 Å². The number of hydrogen-bond donors (Lipinski definition) is 1. The summed E-state index contributed by atoms with van der Waals surface area (Å²) < 4.78 is 5.42. The number of likely N-dealkylation sites (N-methyl/N-ethyl adjacent to an activating group) is 1. The van der Waals surface area contributed by atoms with Gasteiger partial charge in [-0.2, -0.15) is 0 Å². The predicted molar refractivity (Wildman–Crippen MR) is 73.6 cm³/mol. The van der Waals surface area contributed by atoms with Crippen LogP contribution in [0.4, 0.5) is 0 Å². The van der Waals surface area contributed by atoms with E-state index in [0.717, 1.165) is 26.1 Å². The van der Waals surface area contributed by atoms with Crippen LogP contribution in [0.5, 0.6) is 0 Å². The zero-order chi connectivity index (χ0) is 12.7. The van der Waals surface area contributed by atoms with Gasteiger partial charge in [0.2, 0.25) is 0 Å². The van der Waals surface area contributed by atoms with E-state index in [1.165, 1.54) is 16.7 Å². The Morgan fingerprint density at radius 1 is 1.29 bits per heavy atom. The molecule has 0 saturated heterocycles. The highest BCUT2D eigenvalue weighted by Crippen LogP contribution is 2.14. The van der Waals surface area contributed by atoms with Gasteiger partial charge in [-0.25, -0.2) is 0 Å². The average molecular weight is 235 g/mol. The fraction of sp³-hybridized carbons (Fsp3) is 0.600. The standard InChI is InChI=1S/C15H25NO/c1-5-17-9-8-15(16-4)11-14-10-12(2)6-7-13(14)3/h6-7,10,15-16H,5,8-9,11H2,1-4H3. The first-order valence-corrected chi connectivity index (χ1v) is 6.48. The smallest absolute Gasteiger partial charge is 0.0480 e. The lowest BCUT2D eigenvalue weighted by Crippen LogP contribution is -2.29. The van der Waals surface area contributed by atoms with Crippen LogP contribution in [0.3, 0.4) is 0 Å². The molecule has 0 saturated carbocycles. The topological polar surface area (TPSA) is 21.3 Å². The van der Waals surface area contributed by atoms with Crippen molar-refractivity contribution in [2.24, 2.45) is 0 Å². The molecule has 0 aliphatic carbocycles. The lowest BCUT2D eigenvalue weighted by Gasteiger charge is -2.17. The van der Waals surface area contributed by atoms with Gasteiger partial charge in [-0.1, -0.05) is 23.8 Å². The lowest BCUT2D eigenvalue weighted by molar-refractivity contribution is 0.137. The van der Waals surface area contributed by atoms with Crippen LogP contribution in [0, 0.1) is 13.8 Å². The highest BCUT2D eigenvalue weighted by molar-refractivity contribution is 5.31. The molecule has 0 fully saturated rings. The van der Waals surface area contributed by atoms with E-state index >= 15 is 0 Å². The molecular weight excluding hydrogens is 210 g/mol. The van der Waals surface area contributed by atoms with Crippen LogP contribution in [-0.4, -0.2) is 26.3 Å². The third kappa shape index (κ3) is 4.88. The van der Waals surface area contributed by atoms with Crippen molar-refractivity contribution in [1.82, 2.24) is 5.32 Å². The minimum atomic E-state index is 0.502. The van der Waals surface area contributed by atoms with Gasteiger partial charge < -0.3 is 10.1 Å². The molecule has 96 valence electrons. The maximum atomic E-state index is 5.42. The van der Waals surface area contributed by atoms with Gasteiger partial charge in [-0.3, -0.25) is 0 Å². The van der Waals surface area contributed by atoms with Crippen LogP contribution in [0.15, 0.2) is 18.2 Å². The van der Waals surface area contributed by atoms with Gasteiger partial charge in [0, 0.05) is 19.3 Å². The number of nitrogens with one attached hydrogen (secondary N) is 1. The highest BCUT2D eigenvalue weighted by atomic mass is 16.5. The van der Waals surface area contributed by atoms with Gasteiger partial charge in [0.05, 0.1) is 0 Å². The number of hydrogen-bond acceptors (Lipinski definition) is 2. The van der Waals surface area contributed by atoms with Gasteiger partial charge in [0.15, 0.2) is 0 Å². The molecule has 0 amide bonds. The maximum Gasteiger partial charge on any atom is 0.0480 e. The molecule has 1 N–H and O–H groups in total. The van der Waals surface area contributed by atoms with Gasteiger partial charge >= 0.3 is 0 Å². The van der Waals surface area contributed by atoms with E-state index in [4.69, 9.17) is 4.74 Å². The Kier molecular flexibility index (Phi) is 6.23. The fourth-order valence-corrected chi connectivity index (χ4v) is 2.00. The average Bonchev–Trinajstić information content (AvgIpc) is 2.32. The SMILES string of the molecule is CCOCCC(Cc1cc(C)ccc1C)NC. The maximum absolute atomic E-state index is 5.42. The molecule has 1 rings (SSSR count). The third-order valence-electron chi connectivity index (χ3n) is 3.19. The van der Waals surface area contributed by atoms with Crippen LogP contribution in [0.25, 0.3) is 0 Å². The van der Waals surface area contributed by atoms with Gasteiger partial charge in [0.1, 0.15) is 0 Å². The van der Waals surface area contributed by atoms with Crippen molar-refractivity contribution in [1.29, 1.82) is 0 Å². The van der Waals surface area contributed by atoms with Gasteiger partial charge in [0.25, 0.3) is 0 Å². The molecular formula is C15H25NO. The van der Waals surface area contributed by atoms with Crippen molar-refractivity contribution in [3.8, 4) is 0 Å². The van der Waals surface area contributed by atoms with Crippen molar-refractivity contribution in [3.05, 3.63) is 34.9 Å². The monoisotopic (exact) mass is 235 g/mol. The second-order valence-corrected chi connectivity index (χ2v) is 4.61. The van der Waals surface area contributed by atoms with E-state index in [1.807, 2.05) is 14.0 Å². The Balaban J connectivity index is 2.57. The van der Waals surface area contributed by atoms with Crippen molar-refractivity contribution in [2.45, 2.75) is 39.7 Å². The number of ether oxygens (including phenoxy) is 1. The number of benzene rings is 1. The van der Waals surface area contributed by atoms with E-state index in [9.17, 15) is 0 Å².